The first kappa shape index (κ1) is 15.3. The van der Waals surface area contributed by atoms with Gasteiger partial charge in [0.15, 0.2) is 0 Å². The van der Waals surface area contributed by atoms with Crippen molar-refractivity contribution in [2.75, 3.05) is 0 Å². The number of halogens is 2. The third kappa shape index (κ3) is 4.76. The molecule has 0 aliphatic carbocycles. The van der Waals surface area contributed by atoms with Gasteiger partial charge in [-0.1, -0.05) is 18.2 Å². The van der Waals surface area contributed by atoms with E-state index in [9.17, 15) is 14.4 Å². The van der Waals surface area contributed by atoms with E-state index in [-0.39, 0.29) is 0 Å². The number of benzene rings is 1. The van der Waals surface area contributed by atoms with Gasteiger partial charge < -0.3 is 13.9 Å². The maximum atomic E-state index is 11.8. The van der Waals surface area contributed by atoms with Gasteiger partial charge in [-0.05, 0) is 12.1 Å². The molecule has 0 aromatic heterocycles. The number of hydrogen-bond donors (Lipinski definition) is 1. The van der Waals surface area contributed by atoms with Crippen molar-refractivity contribution in [1.29, 1.82) is 0 Å². The molecule has 0 aliphatic rings. The van der Waals surface area contributed by atoms with Crippen LogP contribution in [0.25, 0.3) is 0 Å². The van der Waals surface area contributed by atoms with E-state index in [0.29, 0.717) is 5.56 Å². The van der Waals surface area contributed by atoms with Crippen molar-refractivity contribution in [2.24, 2.45) is 0 Å². The Morgan fingerprint density at radius 3 is 2.26 bits per heavy atom. The molecule has 1 unspecified atom stereocenters. The van der Waals surface area contributed by atoms with Crippen LogP contribution in [0.15, 0.2) is 30.3 Å². The van der Waals surface area contributed by atoms with Crippen molar-refractivity contribution in [2.45, 2.75) is 12.5 Å². The summed E-state index contributed by atoms with van der Waals surface area (Å²) < 4.78 is 7.86. The highest BCUT2D eigenvalue weighted by molar-refractivity contribution is 6.15. The summed E-state index contributed by atoms with van der Waals surface area (Å²) in [4.78, 5) is 34.1. The molecular formula is C11H9Cl2NO5. The Bertz CT molecular complexity index is 465. The minimum Gasteiger partial charge on any atom is -0.348 e. The molecule has 1 rings (SSSR count). The first-order chi connectivity index (χ1) is 9.08. The molecule has 0 heterocycles. The minimum atomic E-state index is -1.28. The summed E-state index contributed by atoms with van der Waals surface area (Å²) in [7, 11) is 0. The second-order valence-electron chi connectivity index (χ2n) is 3.44. The topological polar surface area (TPSA) is 81.7 Å². The molecule has 0 spiro atoms. The largest absolute Gasteiger partial charge is 0.348 e. The predicted octanol–water partition coefficient (Wildman–Crippen LogP) is 1.57. The van der Waals surface area contributed by atoms with Crippen LogP contribution in [0.5, 0.6) is 0 Å². The third-order valence-corrected chi connectivity index (χ3v) is 2.48. The molecule has 1 atom stereocenters. The molecule has 0 fully saturated rings. The highest BCUT2D eigenvalue weighted by atomic mass is 35.5. The number of amides is 1. The van der Waals surface area contributed by atoms with Crippen LogP contribution in [-0.2, 0) is 18.2 Å². The first-order valence-electron chi connectivity index (χ1n) is 5.08. The van der Waals surface area contributed by atoms with Crippen molar-refractivity contribution in [3.8, 4) is 0 Å². The van der Waals surface area contributed by atoms with E-state index in [4.69, 9.17) is 23.7 Å². The number of carbonyl (C=O) groups is 3. The molecule has 1 N–H and O–H groups in total. The molecule has 1 amide bonds. The predicted molar refractivity (Wildman–Crippen MR) is 66.2 cm³/mol. The van der Waals surface area contributed by atoms with Gasteiger partial charge in [-0.15, -0.1) is 0 Å². The fourth-order valence-corrected chi connectivity index (χ4v) is 1.45. The summed E-state index contributed by atoms with van der Waals surface area (Å²) in [6, 6.07) is 6.83. The van der Waals surface area contributed by atoms with Crippen LogP contribution in [0.4, 0.5) is 0 Å². The van der Waals surface area contributed by atoms with Crippen molar-refractivity contribution >= 4 is 41.6 Å². The van der Waals surface area contributed by atoms with E-state index in [2.05, 4.69) is 13.9 Å². The van der Waals surface area contributed by atoms with Crippen LogP contribution >= 0.6 is 23.7 Å². The third-order valence-electron chi connectivity index (χ3n) is 2.16. The maximum Gasteiger partial charge on any atom is 0.347 e. The Labute approximate surface area is 118 Å². The Morgan fingerprint density at radius 1 is 1.11 bits per heavy atom. The molecular weight excluding hydrogens is 297 g/mol. The summed E-state index contributed by atoms with van der Waals surface area (Å²) in [6.45, 7) is 0. The van der Waals surface area contributed by atoms with E-state index in [1.165, 1.54) is 12.1 Å². The number of carbonyl (C=O) groups excluding carboxylic acids is 3. The molecule has 0 saturated heterocycles. The zero-order valence-corrected chi connectivity index (χ0v) is 11.0. The average Bonchev–Trinajstić information content (AvgIpc) is 2.46. The zero-order valence-electron chi connectivity index (χ0n) is 9.47. The Kier molecular flexibility index (Phi) is 6.11. The van der Waals surface area contributed by atoms with Gasteiger partial charge in [-0.3, -0.25) is 9.59 Å². The van der Waals surface area contributed by atoms with Crippen LogP contribution in [0.3, 0.4) is 0 Å². The standard InChI is InChI=1S/C11H9Cl2NO5/c12-18-9(15)6-8(11(17)19-13)14-10(16)7-4-2-1-3-5-7/h1-5,8H,6H2,(H,14,16). The van der Waals surface area contributed by atoms with Gasteiger partial charge in [-0.25, -0.2) is 4.79 Å². The number of rotatable bonds is 5. The molecule has 8 heteroatoms. The first-order valence-corrected chi connectivity index (χ1v) is 5.70. The van der Waals surface area contributed by atoms with Gasteiger partial charge >= 0.3 is 11.9 Å². The Balaban J connectivity index is 2.74. The number of hydrogen-bond acceptors (Lipinski definition) is 5. The van der Waals surface area contributed by atoms with Gasteiger partial charge in [0.25, 0.3) is 5.91 Å². The molecule has 6 nitrogen and oxygen atoms in total. The second kappa shape index (κ2) is 7.60. The van der Waals surface area contributed by atoms with Crippen LogP contribution in [0.1, 0.15) is 16.8 Å². The molecule has 19 heavy (non-hydrogen) atoms. The van der Waals surface area contributed by atoms with Crippen LogP contribution in [0, 0.1) is 0 Å². The van der Waals surface area contributed by atoms with Gasteiger partial charge in [0.05, 0.1) is 6.42 Å². The van der Waals surface area contributed by atoms with Gasteiger partial charge in [0, 0.05) is 5.56 Å². The van der Waals surface area contributed by atoms with E-state index >= 15 is 0 Å². The Morgan fingerprint density at radius 2 is 1.74 bits per heavy atom. The molecule has 0 bridgehead atoms. The lowest BCUT2D eigenvalue weighted by molar-refractivity contribution is -0.142. The summed E-state index contributed by atoms with van der Waals surface area (Å²) in [5, 5.41) is 2.29. The SMILES string of the molecule is O=C(CC(NC(=O)c1ccccc1)C(=O)OCl)OCl. The van der Waals surface area contributed by atoms with Gasteiger partial charge in [-0.2, -0.15) is 0 Å². The lowest BCUT2D eigenvalue weighted by Crippen LogP contribution is -2.42. The minimum absolute atomic E-state index is 0.314. The average molecular weight is 306 g/mol. The van der Waals surface area contributed by atoms with E-state index in [1.807, 2.05) is 0 Å². The summed E-state index contributed by atoms with van der Waals surface area (Å²) in [6.07, 6.45) is -0.492. The van der Waals surface area contributed by atoms with Crippen molar-refractivity contribution in [3.63, 3.8) is 0 Å². The lowest BCUT2D eigenvalue weighted by atomic mass is 10.1. The van der Waals surface area contributed by atoms with Gasteiger partial charge in [0.2, 0.25) is 0 Å². The lowest BCUT2D eigenvalue weighted by Gasteiger charge is -2.13. The van der Waals surface area contributed by atoms with Crippen molar-refractivity contribution in [3.05, 3.63) is 35.9 Å². The second-order valence-corrected chi connectivity index (χ2v) is 3.75. The fraction of sp³-hybridized carbons (Fsp3) is 0.182. The van der Waals surface area contributed by atoms with E-state index < -0.39 is 30.3 Å². The summed E-state index contributed by atoms with van der Waals surface area (Å²) in [5.74, 6) is -2.45. The van der Waals surface area contributed by atoms with Gasteiger partial charge in [0.1, 0.15) is 29.8 Å². The molecule has 1 aromatic rings. The highest BCUT2D eigenvalue weighted by Gasteiger charge is 2.26. The van der Waals surface area contributed by atoms with E-state index in [1.54, 1.807) is 18.2 Å². The van der Waals surface area contributed by atoms with Crippen molar-refractivity contribution in [1.82, 2.24) is 5.32 Å². The molecule has 0 saturated carbocycles. The number of nitrogens with one attached hydrogen (secondary N) is 1. The normalized spacial score (nSPS) is 11.3. The van der Waals surface area contributed by atoms with Crippen LogP contribution < -0.4 is 5.32 Å². The molecule has 0 aliphatic heterocycles. The fourth-order valence-electron chi connectivity index (χ4n) is 1.28. The Hall–Kier alpha value is -1.79. The van der Waals surface area contributed by atoms with E-state index in [0.717, 1.165) is 0 Å². The quantitative estimate of drug-likeness (QED) is 0.893. The molecule has 1 aromatic carbocycles. The summed E-state index contributed by atoms with van der Waals surface area (Å²) in [5.41, 5.74) is 0.314. The molecule has 0 radical (unpaired) electrons. The highest BCUT2D eigenvalue weighted by Crippen LogP contribution is 2.04. The summed E-state index contributed by atoms with van der Waals surface area (Å²) >= 11 is 9.77. The smallest absolute Gasteiger partial charge is 0.347 e. The maximum absolute atomic E-state index is 11.8. The van der Waals surface area contributed by atoms with Crippen molar-refractivity contribution < 1.29 is 23.0 Å². The van der Waals surface area contributed by atoms with Crippen LogP contribution in [0.2, 0.25) is 0 Å². The molecule has 102 valence electrons. The zero-order chi connectivity index (χ0) is 14.3. The van der Waals surface area contributed by atoms with Crippen LogP contribution in [-0.4, -0.2) is 23.9 Å². The monoisotopic (exact) mass is 305 g/mol.